The summed E-state index contributed by atoms with van der Waals surface area (Å²) in [4.78, 5) is 29.4. The molecule has 1 N–H and O–H groups in total. The number of hydrogen-bond acceptors (Lipinski definition) is 4. The van der Waals surface area contributed by atoms with E-state index >= 15 is 0 Å². The Labute approximate surface area is 242 Å². The predicted octanol–water partition coefficient (Wildman–Crippen LogP) is 6.97. The number of carboxylic acid groups (broad SMARTS) is 1. The van der Waals surface area contributed by atoms with Crippen molar-refractivity contribution < 1.29 is 23.1 Å². The van der Waals surface area contributed by atoms with Crippen molar-refractivity contribution in [2.75, 3.05) is 0 Å². The second kappa shape index (κ2) is 10.7. The standard InChI is InChI=1S/C33H23F3N4O3/c1-20-27(25-9-3-5-12-29(25)39(20)19-21-13-15-22(16-14-21)32(42)43)18-37-40-30(23-7-6-8-24(17-23)33(34,35)36)38-28-11-4-2-10-26(28)31(40)41/h2-18H,19H2,1H3,(H,42,43). The number of rotatable bonds is 6. The minimum atomic E-state index is -4.58. The summed E-state index contributed by atoms with van der Waals surface area (Å²) in [5, 5.41) is 14.9. The van der Waals surface area contributed by atoms with Crippen molar-refractivity contribution in [2.45, 2.75) is 19.6 Å². The van der Waals surface area contributed by atoms with Crippen molar-refractivity contribution in [1.29, 1.82) is 0 Å². The fourth-order valence-electron chi connectivity index (χ4n) is 5.13. The van der Waals surface area contributed by atoms with Gasteiger partial charge in [0.2, 0.25) is 0 Å². The molecule has 0 aliphatic rings. The van der Waals surface area contributed by atoms with Crippen LogP contribution in [0.15, 0.2) is 107 Å². The lowest BCUT2D eigenvalue weighted by atomic mass is 10.1. The molecule has 0 spiro atoms. The molecule has 4 aromatic carbocycles. The van der Waals surface area contributed by atoms with Gasteiger partial charge in [-0.1, -0.05) is 54.6 Å². The van der Waals surface area contributed by atoms with Crippen LogP contribution in [0.1, 0.15) is 32.7 Å². The second-order valence-corrected chi connectivity index (χ2v) is 10.00. The Morgan fingerprint density at radius 1 is 0.930 bits per heavy atom. The van der Waals surface area contributed by atoms with Crippen LogP contribution < -0.4 is 5.56 Å². The third-order valence-corrected chi connectivity index (χ3v) is 7.33. The summed E-state index contributed by atoms with van der Waals surface area (Å²) in [5.41, 5.74) is 2.57. The molecule has 0 unspecified atom stereocenters. The molecule has 0 bridgehead atoms. The third kappa shape index (κ3) is 5.19. The normalized spacial score (nSPS) is 12.0. The second-order valence-electron chi connectivity index (χ2n) is 10.00. The molecule has 10 heteroatoms. The molecule has 0 radical (unpaired) electrons. The van der Waals surface area contributed by atoms with E-state index in [0.29, 0.717) is 17.6 Å². The predicted molar refractivity (Wildman–Crippen MR) is 159 cm³/mol. The van der Waals surface area contributed by atoms with Gasteiger partial charge < -0.3 is 9.67 Å². The van der Waals surface area contributed by atoms with Crippen LogP contribution in [0.5, 0.6) is 0 Å². The molecule has 0 atom stereocenters. The van der Waals surface area contributed by atoms with Gasteiger partial charge in [-0.05, 0) is 55.0 Å². The first-order valence-electron chi connectivity index (χ1n) is 13.3. The van der Waals surface area contributed by atoms with Crippen molar-refractivity contribution in [3.05, 3.63) is 135 Å². The highest BCUT2D eigenvalue weighted by Gasteiger charge is 2.31. The maximum absolute atomic E-state index is 13.6. The zero-order valence-corrected chi connectivity index (χ0v) is 22.7. The highest BCUT2D eigenvalue weighted by molar-refractivity contribution is 6.01. The number of hydrogen-bond donors (Lipinski definition) is 1. The van der Waals surface area contributed by atoms with Gasteiger partial charge in [0.1, 0.15) is 0 Å². The Hall–Kier alpha value is -5.51. The van der Waals surface area contributed by atoms with E-state index in [1.54, 1.807) is 48.5 Å². The number of alkyl halides is 3. The van der Waals surface area contributed by atoms with Crippen LogP contribution in [0.2, 0.25) is 0 Å². The monoisotopic (exact) mass is 580 g/mol. The summed E-state index contributed by atoms with van der Waals surface area (Å²) in [6, 6.07) is 25.5. The maximum atomic E-state index is 13.6. The first kappa shape index (κ1) is 27.6. The van der Waals surface area contributed by atoms with Gasteiger partial charge in [0.25, 0.3) is 5.56 Å². The number of para-hydroxylation sites is 2. The lowest BCUT2D eigenvalue weighted by molar-refractivity contribution is -0.137. The van der Waals surface area contributed by atoms with E-state index in [0.717, 1.165) is 39.0 Å². The summed E-state index contributed by atoms with van der Waals surface area (Å²) < 4.78 is 43.7. The Morgan fingerprint density at radius 3 is 2.35 bits per heavy atom. The van der Waals surface area contributed by atoms with Gasteiger partial charge in [0, 0.05) is 34.3 Å². The number of benzene rings is 4. The van der Waals surface area contributed by atoms with Gasteiger partial charge in [-0.3, -0.25) is 4.79 Å². The zero-order valence-electron chi connectivity index (χ0n) is 22.7. The van der Waals surface area contributed by atoms with Crippen molar-refractivity contribution >= 4 is 34.0 Å². The van der Waals surface area contributed by atoms with Crippen LogP contribution in [0.4, 0.5) is 13.2 Å². The number of carbonyl (C=O) groups is 1. The Kier molecular flexibility index (Phi) is 6.89. The smallest absolute Gasteiger partial charge is 0.416 e. The van der Waals surface area contributed by atoms with Gasteiger partial charge in [-0.25, -0.2) is 9.78 Å². The molecule has 2 heterocycles. The summed E-state index contributed by atoms with van der Waals surface area (Å²) in [6.07, 6.45) is -3.05. The number of halogens is 3. The van der Waals surface area contributed by atoms with Crippen molar-refractivity contribution in [2.24, 2.45) is 5.10 Å². The molecule has 6 aromatic rings. The zero-order chi connectivity index (χ0) is 30.3. The number of aromatic carboxylic acids is 1. The summed E-state index contributed by atoms with van der Waals surface area (Å²) in [5.74, 6) is -1.03. The van der Waals surface area contributed by atoms with E-state index < -0.39 is 23.3 Å². The van der Waals surface area contributed by atoms with Crippen LogP contribution in [-0.4, -0.2) is 31.5 Å². The van der Waals surface area contributed by atoms with Gasteiger partial charge in [-0.15, -0.1) is 0 Å². The molecule has 0 aliphatic heterocycles. The van der Waals surface area contributed by atoms with Gasteiger partial charge >= 0.3 is 12.1 Å². The molecular weight excluding hydrogens is 557 g/mol. The SMILES string of the molecule is Cc1c(C=Nn2c(-c3cccc(C(F)(F)F)c3)nc3ccccc3c2=O)c2ccccc2n1Cc1ccc(C(=O)O)cc1. The first-order valence-corrected chi connectivity index (χ1v) is 13.3. The molecule has 0 fully saturated rings. The number of aromatic nitrogens is 3. The Balaban J connectivity index is 1.49. The molecule has 214 valence electrons. The van der Waals surface area contributed by atoms with Gasteiger partial charge in [0.15, 0.2) is 5.82 Å². The third-order valence-electron chi connectivity index (χ3n) is 7.33. The molecule has 43 heavy (non-hydrogen) atoms. The molecule has 2 aromatic heterocycles. The van der Waals surface area contributed by atoms with Crippen LogP contribution >= 0.6 is 0 Å². The van der Waals surface area contributed by atoms with E-state index in [2.05, 4.69) is 14.7 Å². The fourth-order valence-corrected chi connectivity index (χ4v) is 5.13. The van der Waals surface area contributed by atoms with Crippen molar-refractivity contribution in [1.82, 2.24) is 14.2 Å². The average Bonchev–Trinajstić information content (AvgIpc) is 3.26. The van der Waals surface area contributed by atoms with E-state index in [1.165, 1.54) is 18.3 Å². The highest BCUT2D eigenvalue weighted by atomic mass is 19.4. The fraction of sp³-hybridized carbons (Fsp3) is 0.0909. The number of carboxylic acids is 1. The van der Waals surface area contributed by atoms with Crippen LogP contribution in [-0.2, 0) is 12.7 Å². The Morgan fingerprint density at radius 2 is 1.63 bits per heavy atom. The van der Waals surface area contributed by atoms with Crippen LogP contribution in [0, 0.1) is 6.92 Å². The molecular formula is C33H23F3N4O3. The van der Waals surface area contributed by atoms with E-state index in [1.807, 2.05) is 31.2 Å². The molecule has 7 nitrogen and oxygen atoms in total. The number of nitrogens with zero attached hydrogens (tertiary/aromatic N) is 4. The lowest BCUT2D eigenvalue weighted by Crippen LogP contribution is -2.20. The average molecular weight is 581 g/mol. The molecule has 0 amide bonds. The minimum absolute atomic E-state index is 0.0223. The van der Waals surface area contributed by atoms with E-state index in [4.69, 9.17) is 0 Å². The molecule has 0 aliphatic carbocycles. The van der Waals surface area contributed by atoms with Gasteiger partial charge in [0.05, 0.1) is 28.2 Å². The quantitative estimate of drug-likeness (QED) is 0.216. The lowest BCUT2D eigenvalue weighted by Gasteiger charge is -2.12. The maximum Gasteiger partial charge on any atom is 0.416 e. The highest BCUT2D eigenvalue weighted by Crippen LogP contribution is 2.32. The minimum Gasteiger partial charge on any atom is -0.478 e. The van der Waals surface area contributed by atoms with E-state index in [-0.39, 0.29) is 22.3 Å². The van der Waals surface area contributed by atoms with E-state index in [9.17, 15) is 27.9 Å². The topological polar surface area (TPSA) is 89.5 Å². The summed E-state index contributed by atoms with van der Waals surface area (Å²) >= 11 is 0. The summed E-state index contributed by atoms with van der Waals surface area (Å²) in [6.45, 7) is 2.36. The first-order chi connectivity index (χ1) is 20.6. The molecule has 0 saturated carbocycles. The Bertz CT molecular complexity index is 2110. The number of fused-ring (bicyclic) bond motifs is 2. The molecule has 6 rings (SSSR count). The summed E-state index contributed by atoms with van der Waals surface area (Å²) in [7, 11) is 0. The van der Waals surface area contributed by atoms with Crippen molar-refractivity contribution in [3.8, 4) is 11.4 Å². The van der Waals surface area contributed by atoms with Crippen LogP contribution in [0.3, 0.4) is 0 Å². The van der Waals surface area contributed by atoms with Crippen molar-refractivity contribution in [3.63, 3.8) is 0 Å². The van der Waals surface area contributed by atoms with Crippen LogP contribution in [0.25, 0.3) is 33.2 Å². The largest absolute Gasteiger partial charge is 0.478 e. The molecule has 0 saturated heterocycles. The van der Waals surface area contributed by atoms with Gasteiger partial charge in [-0.2, -0.15) is 22.9 Å².